The van der Waals surface area contributed by atoms with Gasteiger partial charge in [-0.3, -0.25) is 0 Å². The summed E-state index contributed by atoms with van der Waals surface area (Å²) >= 11 is 10.6. The Kier molecular flexibility index (Phi) is 4.28. The fraction of sp³-hybridized carbons (Fsp3) is 0.0769. The Bertz CT molecular complexity index is 552. The minimum Gasteiger partial charge on any atom is -0.497 e. The Morgan fingerprint density at radius 2 is 1.59 bits per heavy atom. The van der Waals surface area contributed by atoms with Crippen LogP contribution in [-0.4, -0.2) is 7.11 Å². The number of hydrogen-bond donors (Lipinski definition) is 0. The normalized spacial score (nSPS) is 10.4. The van der Waals surface area contributed by atoms with Crippen LogP contribution in [0.1, 0.15) is 0 Å². The highest BCUT2D eigenvalue weighted by Gasteiger charge is 2.08. The maximum Gasteiger partial charge on any atom is 0.120 e. The van der Waals surface area contributed by atoms with Crippen LogP contribution in [0.2, 0.25) is 0 Å². The maximum atomic E-state index is 5.19. The van der Waals surface area contributed by atoms with E-state index >= 15 is 0 Å². The van der Waals surface area contributed by atoms with Gasteiger partial charge < -0.3 is 4.74 Å². The molecule has 17 heavy (non-hydrogen) atoms. The van der Waals surface area contributed by atoms with Crippen LogP contribution in [0.3, 0.4) is 0 Å². The van der Waals surface area contributed by atoms with Crippen molar-refractivity contribution in [3.8, 4) is 16.9 Å². The lowest BCUT2D eigenvalue weighted by molar-refractivity contribution is 0.414. The zero-order valence-electron chi connectivity index (χ0n) is 9.01. The van der Waals surface area contributed by atoms with Crippen molar-refractivity contribution in [2.75, 3.05) is 7.11 Å². The molecule has 1 nitrogen and oxygen atoms in total. The van der Waals surface area contributed by atoms with E-state index in [0.717, 1.165) is 30.3 Å². The third kappa shape index (κ3) is 2.92. The fourth-order valence-corrected chi connectivity index (χ4v) is 2.94. The molecule has 2 aromatic carbocycles. The summed E-state index contributed by atoms with van der Waals surface area (Å²) in [5.74, 6) is 0.840. The molecule has 0 radical (unpaired) electrons. The zero-order valence-corrected chi connectivity index (χ0v) is 13.8. The van der Waals surface area contributed by atoms with Gasteiger partial charge in [0.1, 0.15) is 5.75 Å². The van der Waals surface area contributed by atoms with Crippen molar-refractivity contribution in [2.45, 2.75) is 0 Å². The molecule has 0 saturated carbocycles. The third-order valence-electron chi connectivity index (χ3n) is 2.39. The van der Waals surface area contributed by atoms with E-state index in [0.29, 0.717) is 0 Å². The first kappa shape index (κ1) is 13.1. The van der Waals surface area contributed by atoms with Gasteiger partial charge in [-0.15, -0.1) is 0 Å². The minimum atomic E-state index is 0.840. The van der Waals surface area contributed by atoms with Crippen LogP contribution < -0.4 is 4.74 Å². The van der Waals surface area contributed by atoms with Crippen LogP contribution in [-0.2, 0) is 0 Å². The molecular formula is C13H9Br3O. The van der Waals surface area contributed by atoms with Crippen LogP contribution in [0.25, 0.3) is 11.1 Å². The first-order valence-electron chi connectivity index (χ1n) is 4.91. The molecule has 0 saturated heterocycles. The van der Waals surface area contributed by atoms with E-state index in [-0.39, 0.29) is 0 Å². The first-order chi connectivity index (χ1) is 8.11. The summed E-state index contributed by atoms with van der Waals surface area (Å²) in [7, 11) is 1.66. The second kappa shape index (κ2) is 5.55. The van der Waals surface area contributed by atoms with Crippen molar-refractivity contribution in [1.82, 2.24) is 0 Å². The Morgan fingerprint density at radius 3 is 2.24 bits per heavy atom. The molecule has 2 aromatic rings. The standard InChI is InChI=1S/C13H9Br3O/c1-17-9-3-4-10(13(16)7-9)11-6-8(14)2-5-12(11)15/h2-7H,1H3. The highest BCUT2D eigenvalue weighted by molar-refractivity contribution is 9.11. The van der Waals surface area contributed by atoms with Crippen LogP contribution >= 0.6 is 47.8 Å². The van der Waals surface area contributed by atoms with Crippen molar-refractivity contribution < 1.29 is 4.74 Å². The average molecular weight is 421 g/mol. The second-order valence-corrected chi connectivity index (χ2v) is 6.09. The monoisotopic (exact) mass is 418 g/mol. The fourth-order valence-electron chi connectivity index (χ4n) is 1.55. The quantitative estimate of drug-likeness (QED) is 0.610. The number of methoxy groups -OCH3 is 1. The van der Waals surface area contributed by atoms with Gasteiger partial charge in [-0.05, 0) is 47.5 Å². The zero-order chi connectivity index (χ0) is 12.4. The molecule has 0 atom stereocenters. The molecule has 0 aliphatic rings. The predicted octanol–water partition coefficient (Wildman–Crippen LogP) is 5.65. The summed E-state index contributed by atoms with van der Waals surface area (Å²) in [5, 5.41) is 0. The maximum absolute atomic E-state index is 5.19. The number of halogens is 3. The predicted molar refractivity (Wildman–Crippen MR) is 81.5 cm³/mol. The third-order valence-corrected chi connectivity index (χ3v) is 4.24. The van der Waals surface area contributed by atoms with Crippen molar-refractivity contribution in [2.24, 2.45) is 0 Å². The summed E-state index contributed by atoms with van der Waals surface area (Å²) in [6, 6.07) is 12.1. The molecule has 0 aliphatic carbocycles. The summed E-state index contributed by atoms with van der Waals surface area (Å²) in [6.45, 7) is 0. The van der Waals surface area contributed by atoms with E-state index in [1.54, 1.807) is 7.11 Å². The average Bonchev–Trinajstić information content (AvgIpc) is 2.32. The van der Waals surface area contributed by atoms with E-state index in [4.69, 9.17) is 4.74 Å². The molecule has 0 bridgehead atoms. The molecule has 0 aromatic heterocycles. The van der Waals surface area contributed by atoms with Gasteiger partial charge in [-0.1, -0.05) is 47.8 Å². The van der Waals surface area contributed by atoms with Gasteiger partial charge in [-0.2, -0.15) is 0 Å². The van der Waals surface area contributed by atoms with Gasteiger partial charge in [0.15, 0.2) is 0 Å². The molecule has 0 heterocycles. The topological polar surface area (TPSA) is 9.23 Å². The second-order valence-electron chi connectivity index (χ2n) is 3.47. The van der Waals surface area contributed by atoms with Gasteiger partial charge in [0.2, 0.25) is 0 Å². The number of hydrogen-bond acceptors (Lipinski definition) is 1. The molecule has 0 spiro atoms. The van der Waals surface area contributed by atoms with Crippen molar-refractivity contribution >= 4 is 47.8 Å². The van der Waals surface area contributed by atoms with Gasteiger partial charge >= 0.3 is 0 Å². The molecule has 0 aliphatic heterocycles. The highest BCUT2D eigenvalue weighted by atomic mass is 79.9. The Morgan fingerprint density at radius 1 is 0.824 bits per heavy atom. The van der Waals surface area contributed by atoms with Gasteiger partial charge in [0.05, 0.1) is 7.11 Å². The first-order valence-corrected chi connectivity index (χ1v) is 7.28. The molecule has 0 fully saturated rings. The molecule has 0 amide bonds. The number of benzene rings is 2. The van der Waals surface area contributed by atoms with Crippen molar-refractivity contribution in [3.63, 3.8) is 0 Å². The van der Waals surface area contributed by atoms with E-state index in [1.165, 1.54) is 0 Å². The van der Waals surface area contributed by atoms with E-state index in [1.807, 2.05) is 30.3 Å². The highest BCUT2D eigenvalue weighted by Crippen LogP contribution is 2.37. The smallest absolute Gasteiger partial charge is 0.120 e. The van der Waals surface area contributed by atoms with E-state index in [2.05, 4.69) is 53.9 Å². The van der Waals surface area contributed by atoms with Gasteiger partial charge in [0, 0.05) is 13.4 Å². The minimum absolute atomic E-state index is 0.840. The van der Waals surface area contributed by atoms with Crippen molar-refractivity contribution in [1.29, 1.82) is 0 Å². The molecule has 0 N–H and O–H groups in total. The summed E-state index contributed by atoms with van der Waals surface area (Å²) in [4.78, 5) is 0. The summed E-state index contributed by atoms with van der Waals surface area (Å²) < 4.78 is 8.31. The number of rotatable bonds is 2. The van der Waals surface area contributed by atoms with Crippen LogP contribution in [0.15, 0.2) is 49.8 Å². The Balaban J connectivity index is 2.56. The molecule has 2 rings (SSSR count). The lowest BCUT2D eigenvalue weighted by Gasteiger charge is -2.09. The lowest BCUT2D eigenvalue weighted by Crippen LogP contribution is -1.86. The summed E-state index contributed by atoms with van der Waals surface area (Å²) in [6.07, 6.45) is 0. The lowest BCUT2D eigenvalue weighted by atomic mass is 10.1. The molecule has 88 valence electrons. The molecule has 0 unspecified atom stereocenters. The Hall–Kier alpha value is -0.320. The van der Waals surface area contributed by atoms with Crippen LogP contribution in [0.4, 0.5) is 0 Å². The van der Waals surface area contributed by atoms with E-state index < -0.39 is 0 Å². The SMILES string of the molecule is COc1ccc(-c2cc(Br)ccc2Br)c(Br)c1. The van der Waals surface area contributed by atoms with Crippen LogP contribution in [0.5, 0.6) is 5.75 Å². The van der Waals surface area contributed by atoms with Crippen LogP contribution in [0, 0.1) is 0 Å². The van der Waals surface area contributed by atoms with Gasteiger partial charge in [0.25, 0.3) is 0 Å². The number of ether oxygens (including phenoxy) is 1. The van der Waals surface area contributed by atoms with E-state index in [9.17, 15) is 0 Å². The van der Waals surface area contributed by atoms with Gasteiger partial charge in [-0.25, -0.2) is 0 Å². The molecule has 4 heteroatoms. The Labute approximate surface area is 126 Å². The summed E-state index contributed by atoms with van der Waals surface area (Å²) in [5.41, 5.74) is 2.26. The largest absolute Gasteiger partial charge is 0.497 e. The van der Waals surface area contributed by atoms with Crippen molar-refractivity contribution in [3.05, 3.63) is 49.8 Å². The molecular weight excluding hydrogens is 412 g/mol.